The molecule has 1 fully saturated rings. The Balaban J connectivity index is 2.02. The average Bonchev–Trinajstić information content (AvgIpc) is 2.28. The van der Waals surface area contributed by atoms with Gasteiger partial charge in [-0.15, -0.1) is 0 Å². The molecule has 0 spiro atoms. The second-order valence-electron chi connectivity index (χ2n) is 4.07. The van der Waals surface area contributed by atoms with E-state index < -0.39 is 0 Å². The van der Waals surface area contributed by atoms with Crippen LogP contribution in [0.1, 0.15) is 12.8 Å². The molecule has 4 heteroatoms. The van der Waals surface area contributed by atoms with Crippen LogP contribution in [0.25, 0.3) is 0 Å². The van der Waals surface area contributed by atoms with Gasteiger partial charge in [0, 0.05) is 39.8 Å². The van der Waals surface area contributed by atoms with Crippen LogP contribution in [0.5, 0.6) is 0 Å². The van der Waals surface area contributed by atoms with Gasteiger partial charge in [0.15, 0.2) is 0 Å². The Morgan fingerprint density at radius 2 is 1.60 bits per heavy atom. The maximum absolute atomic E-state index is 11.9. The van der Waals surface area contributed by atoms with Crippen molar-refractivity contribution in [2.45, 2.75) is 12.8 Å². The number of ether oxygens (including phenoxy) is 1. The fourth-order valence-electron chi connectivity index (χ4n) is 1.89. The van der Waals surface area contributed by atoms with E-state index in [4.69, 9.17) is 4.74 Å². The highest BCUT2D eigenvalue weighted by molar-refractivity contribution is 4.71. The van der Waals surface area contributed by atoms with E-state index in [1.165, 1.54) is 0 Å². The van der Waals surface area contributed by atoms with E-state index in [0.29, 0.717) is 6.42 Å². The molecule has 0 aromatic rings. The van der Waals surface area contributed by atoms with Crippen molar-refractivity contribution < 1.29 is 9.13 Å². The molecule has 0 bridgehead atoms. The fraction of sp³-hybridized carbons (Fsp3) is 1.00. The van der Waals surface area contributed by atoms with Gasteiger partial charge in [-0.1, -0.05) is 0 Å². The minimum Gasteiger partial charge on any atom is -0.383 e. The molecule has 1 aliphatic heterocycles. The Hall–Kier alpha value is -0.190. The Morgan fingerprint density at radius 3 is 2.13 bits per heavy atom. The molecule has 90 valence electrons. The van der Waals surface area contributed by atoms with Crippen molar-refractivity contribution in [3.8, 4) is 0 Å². The lowest BCUT2D eigenvalue weighted by Crippen LogP contribution is -2.47. The van der Waals surface area contributed by atoms with Crippen molar-refractivity contribution >= 4 is 0 Å². The van der Waals surface area contributed by atoms with Gasteiger partial charge in [0.05, 0.1) is 13.3 Å². The van der Waals surface area contributed by atoms with Crippen LogP contribution in [-0.4, -0.2) is 69.5 Å². The van der Waals surface area contributed by atoms with E-state index in [0.717, 1.165) is 52.3 Å². The van der Waals surface area contributed by atoms with Crippen LogP contribution >= 0.6 is 0 Å². The van der Waals surface area contributed by atoms with Crippen LogP contribution in [0.3, 0.4) is 0 Å². The van der Waals surface area contributed by atoms with Crippen LogP contribution in [-0.2, 0) is 4.74 Å². The lowest BCUT2D eigenvalue weighted by atomic mass is 10.2. The Bertz CT molecular complexity index is 150. The van der Waals surface area contributed by atoms with Gasteiger partial charge in [0.25, 0.3) is 0 Å². The van der Waals surface area contributed by atoms with Crippen molar-refractivity contribution in [1.82, 2.24) is 9.80 Å². The van der Waals surface area contributed by atoms with Crippen molar-refractivity contribution in [3.63, 3.8) is 0 Å². The number of alkyl halides is 1. The molecule has 0 saturated carbocycles. The Kier molecular flexibility index (Phi) is 6.88. The molecular weight excluding hydrogens is 195 g/mol. The van der Waals surface area contributed by atoms with Gasteiger partial charge in [0.2, 0.25) is 0 Å². The van der Waals surface area contributed by atoms with Crippen LogP contribution in [0, 0.1) is 0 Å². The highest BCUT2D eigenvalue weighted by Gasteiger charge is 2.15. The largest absolute Gasteiger partial charge is 0.383 e. The molecule has 0 N–H and O–H groups in total. The Labute approximate surface area is 92.2 Å². The molecule has 15 heavy (non-hydrogen) atoms. The van der Waals surface area contributed by atoms with Crippen molar-refractivity contribution in [1.29, 1.82) is 0 Å². The monoisotopic (exact) mass is 218 g/mol. The summed E-state index contributed by atoms with van der Waals surface area (Å²) in [5.41, 5.74) is 0. The molecule has 0 aromatic heterocycles. The molecule has 1 aliphatic rings. The third kappa shape index (κ3) is 5.44. The molecule has 0 aromatic carbocycles. The molecular formula is C11H23FN2O. The smallest absolute Gasteiger partial charge is 0.0894 e. The van der Waals surface area contributed by atoms with E-state index in [9.17, 15) is 4.39 Å². The highest BCUT2D eigenvalue weighted by atomic mass is 19.1. The quantitative estimate of drug-likeness (QED) is 0.593. The average molecular weight is 218 g/mol. The van der Waals surface area contributed by atoms with Gasteiger partial charge in [-0.05, 0) is 19.4 Å². The number of hydrogen-bond acceptors (Lipinski definition) is 3. The predicted octanol–water partition coefficient (Wildman–Crippen LogP) is 1.00. The molecule has 1 heterocycles. The maximum atomic E-state index is 11.9. The van der Waals surface area contributed by atoms with E-state index >= 15 is 0 Å². The summed E-state index contributed by atoms with van der Waals surface area (Å²) in [5.74, 6) is 0. The second-order valence-corrected chi connectivity index (χ2v) is 4.07. The summed E-state index contributed by atoms with van der Waals surface area (Å²) in [4.78, 5) is 4.86. The number of nitrogens with zero attached hydrogens (tertiary/aromatic N) is 2. The van der Waals surface area contributed by atoms with Gasteiger partial charge in [0.1, 0.15) is 0 Å². The number of unbranched alkanes of at least 4 members (excludes halogenated alkanes) is 1. The van der Waals surface area contributed by atoms with E-state index in [1.54, 1.807) is 7.11 Å². The van der Waals surface area contributed by atoms with Gasteiger partial charge in [-0.3, -0.25) is 9.29 Å². The summed E-state index contributed by atoms with van der Waals surface area (Å²) in [6, 6.07) is 0. The van der Waals surface area contributed by atoms with Gasteiger partial charge < -0.3 is 9.64 Å². The first-order valence-electron chi connectivity index (χ1n) is 5.86. The Morgan fingerprint density at radius 1 is 1.00 bits per heavy atom. The molecule has 0 unspecified atom stereocenters. The first-order chi connectivity index (χ1) is 7.36. The zero-order valence-corrected chi connectivity index (χ0v) is 9.75. The van der Waals surface area contributed by atoms with E-state index in [-0.39, 0.29) is 6.67 Å². The number of hydrogen-bond donors (Lipinski definition) is 0. The lowest BCUT2D eigenvalue weighted by molar-refractivity contribution is 0.0959. The number of rotatable bonds is 7. The van der Waals surface area contributed by atoms with Gasteiger partial charge >= 0.3 is 0 Å². The zero-order valence-electron chi connectivity index (χ0n) is 9.75. The molecule has 0 amide bonds. The van der Waals surface area contributed by atoms with Gasteiger partial charge in [-0.25, -0.2) is 0 Å². The summed E-state index contributed by atoms with van der Waals surface area (Å²) < 4.78 is 17.0. The third-order valence-electron chi connectivity index (χ3n) is 2.93. The van der Waals surface area contributed by atoms with Crippen LogP contribution in [0.15, 0.2) is 0 Å². The van der Waals surface area contributed by atoms with E-state index in [1.807, 2.05) is 0 Å². The standard InChI is InChI=1S/C11H23FN2O/c1-15-11-10-14-8-6-13(7-9-14)5-3-2-4-12/h2-11H2,1H3. The molecule has 0 aliphatic carbocycles. The molecule has 1 rings (SSSR count). The lowest BCUT2D eigenvalue weighted by Gasteiger charge is -2.34. The van der Waals surface area contributed by atoms with Crippen LogP contribution < -0.4 is 0 Å². The summed E-state index contributed by atoms with van der Waals surface area (Å²) in [6.07, 6.45) is 1.71. The second kappa shape index (κ2) is 8.02. The maximum Gasteiger partial charge on any atom is 0.0894 e. The van der Waals surface area contributed by atoms with Crippen molar-refractivity contribution in [2.75, 3.05) is 59.7 Å². The van der Waals surface area contributed by atoms with Crippen molar-refractivity contribution in [3.05, 3.63) is 0 Å². The molecule has 0 atom stereocenters. The minimum absolute atomic E-state index is 0.173. The molecule has 3 nitrogen and oxygen atoms in total. The summed E-state index contributed by atoms with van der Waals surface area (Å²) in [6.45, 7) is 7.23. The van der Waals surface area contributed by atoms with E-state index in [2.05, 4.69) is 9.80 Å². The summed E-state index contributed by atoms with van der Waals surface area (Å²) >= 11 is 0. The predicted molar refractivity (Wildman–Crippen MR) is 60.0 cm³/mol. The first kappa shape index (κ1) is 12.9. The topological polar surface area (TPSA) is 15.7 Å². The highest BCUT2D eigenvalue weighted by Crippen LogP contribution is 2.03. The minimum atomic E-state index is -0.173. The first-order valence-corrected chi connectivity index (χ1v) is 5.86. The zero-order chi connectivity index (χ0) is 10.9. The third-order valence-corrected chi connectivity index (χ3v) is 2.93. The molecule has 0 radical (unpaired) electrons. The normalized spacial score (nSPS) is 19.6. The molecule has 1 saturated heterocycles. The van der Waals surface area contributed by atoms with Crippen LogP contribution in [0.2, 0.25) is 0 Å². The number of methoxy groups -OCH3 is 1. The summed E-state index contributed by atoms with van der Waals surface area (Å²) in [5, 5.41) is 0. The van der Waals surface area contributed by atoms with Crippen molar-refractivity contribution in [2.24, 2.45) is 0 Å². The number of halogens is 1. The SMILES string of the molecule is COCCN1CCN(CCCCF)CC1. The van der Waals surface area contributed by atoms with Crippen LogP contribution in [0.4, 0.5) is 4.39 Å². The number of piperazine rings is 1. The fourth-order valence-corrected chi connectivity index (χ4v) is 1.89. The summed E-state index contributed by atoms with van der Waals surface area (Å²) in [7, 11) is 1.74. The van der Waals surface area contributed by atoms with Gasteiger partial charge in [-0.2, -0.15) is 0 Å².